The summed E-state index contributed by atoms with van der Waals surface area (Å²) in [7, 11) is 0. The smallest absolute Gasteiger partial charge is 0.418 e. The molecule has 2 rings (SSSR count). The van der Waals surface area contributed by atoms with Crippen LogP contribution in [0, 0.1) is 0 Å². The quantitative estimate of drug-likeness (QED) is 0.692. The molecule has 0 aliphatic heterocycles. The van der Waals surface area contributed by atoms with Gasteiger partial charge < -0.3 is 14.8 Å². The zero-order valence-electron chi connectivity index (χ0n) is 15.4. The molecule has 8 heteroatoms. The third-order valence-electron chi connectivity index (χ3n) is 3.71. The molecule has 150 valence electrons. The first kappa shape index (κ1) is 21.3. The number of nitrogens with one attached hydrogen (secondary N) is 1. The minimum absolute atomic E-state index is 0.194. The van der Waals surface area contributed by atoms with Crippen LogP contribution in [0.25, 0.3) is 0 Å². The van der Waals surface area contributed by atoms with Crippen LogP contribution in [0.1, 0.15) is 36.2 Å². The Morgan fingerprint density at radius 1 is 1.07 bits per heavy atom. The number of carbonyl (C=O) groups is 2. The van der Waals surface area contributed by atoms with Crippen LogP contribution >= 0.6 is 0 Å². The van der Waals surface area contributed by atoms with E-state index in [1.54, 1.807) is 12.1 Å². The molecule has 1 atom stereocenters. The van der Waals surface area contributed by atoms with Crippen molar-refractivity contribution in [2.24, 2.45) is 0 Å². The second-order valence-electron chi connectivity index (χ2n) is 5.95. The summed E-state index contributed by atoms with van der Waals surface area (Å²) in [5, 5.41) is 2.15. The fraction of sp³-hybridized carbons (Fsp3) is 0.300. The fourth-order valence-corrected chi connectivity index (χ4v) is 2.26. The molecule has 0 aromatic heterocycles. The van der Waals surface area contributed by atoms with Gasteiger partial charge in [-0.15, -0.1) is 0 Å². The number of benzene rings is 2. The number of esters is 1. The minimum Gasteiger partial charge on any atom is -0.494 e. The van der Waals surface area contributed by atoms with Crippen LogP contribution in [0.15, 0.2) is 48.5 Å². The molecule has 2 aromatic carbocycles. The summed E-state index contributed by atoms with van der Waals surface area (Å²) in [4.78, 5) is 24.3. The van der Waals surface area contributed by atoms with Gasteiger partial charge in [-0.1, -0.05) is 19.1 Å². The van der Waals surface area contributed by atoms with Crippen LogP contribution in [-0.2, 0) is 15.7 Å². The highest BCUT2D eigenvalue weighted by atomic mass is 19.4. The predicted molar refractivity (Wildman–Crippen MR) is 97.2 cm³/mol. The van der Waals surface area contributed by atoms with Gasteiger partial charge in [-0.25, -0.2) is 4.79 Å². The van der Waals surface area contributed by atoms with Gasteiger partial charge in [0.15, 0.2) is 6.10 Å². The third-order valence-corrected chi connectivity index (χ3v) is 3.71. The minimum atomic E-state index is -4.62. The summed E-state index contributed by atoms with van der Waals surface area (Å²) >= 11 is 0. The summed E-state index contributed by atoms with van der Waals surface area (Å²) in [5.41, 5.74) is -1.19. The lowest BCUT2D eigenvalue weighted by molar-refractivity contribution is -0.137. The molecule has 0 saturated heterocycles. The van der Waals surface area contributed by atoms with E-state index >= 15 is 0 Å². The highest BCUT2D eigenvalue weighted by Gasteiger charge is 2.34. The number of ether oxygens (including phenoxy) is 2. The fourth-order valence-electron chi connectivity index (χ4n) is 2.26. The Balaban J connectivity index is 2.00. The van der Waals surface area contributed by atoms with Crippen LogP contribution in [-0.4, -0.2) is 24.6 Å². The van der Waals surface area contributed by atoms with Gasteiger partial charge in [0.05, 0.1) is 23.4 Å². The van der Waals surface area contributed by atoms with Crippen molar-refractivity contribution in [1.82, 2.24) is 0 Å². The lowest BCUT2D eigenvalue weighted by Gasteiger charge is -2.17. The van der Waals surface area contributed by atoms with Crippen molar-refractivity contribution in [3.05, 3.63) is 59.7 Å². The topological polar surface area (TPSA) is 64.6 Å². The van der Waals surface area contributed by atoms with Gasteiger partial charge >= 0.3 is 12.1 Å². The van der Waals surface area contributed by atoms with E-state index in [4.69, 9.17) is 9.47 Å². The first-order valence-electron chi connectivity index (χ1n) is 8.63. The normalized spacial score (nSPS) is 12.2. The number of amides is 1. The predicted octanol–water partition coefficient (Wildman–Crippen LogP) is 4.68. The summed E-state index contributed by atoms with van der Waals surface area (Å²) < 4.78 is 49.4. The molecule has 5 nitrogen and oxygen atoms in total. The Morgan fingerprint density at radius 2 is 1.71 bits per heavy atom. The molecule has 2 aromatic rings. The molecule has 0 heterocycles. The van der Waals surface area contributed by atoms with E-state index in [1.165, 1.54) is 31.2 Å². The summed E-state index contributed by atoms with van der Waals surface area (Å²) in [5.74, 6) is -1.05. The van der Waals surface area contributed by atoms with E-state index in [0.29, 0.717) is 12.4 Å². The van der Waals surface area contributed by atoms with Crippen molar-refractivity contribution in [3.63, 3.8) is 0 Å². The zero-order valence-corrected chi connectivity index (χ0v) is 15.4. The first-order chi connectivity index (χ1) is 13.2. The van der Waals surface area contributed by atoms with Gasteiger partial charge in [0.25, 0.3) is 5.91 Å². The number of carbonyl (C=O) groups excluding carboxylic acids is 2. The summed E-state index contributed by atoms with van der Waals surface area (Å²) in [6.45, 7) is 3.79. The molecule has 0 fully saturated rings. The molecule has 0 aliphatic carbocycles. The Hall–Kier alpha value is -3.03. The number of alkyl halides is 3. The van der Waals surface area contributed by atoms with Gasteiger partial charge in [-0.05, 0) is 49.7 Å². The Labute approximate surface area is 160 Å². The van der Waals surface area contributed by atoms with E-state index in [9.17, 15) is 22.8 Å². The van der Waals surface area contributed by atoms with Gasteiger partial charge in [0.1, 0.15) is 5.75 Å². The molecule has 0 spiro atoms. The number of para-hydroxylation sites is 1. The van der Waals surface area contributed by atoms with E-state index < -0.39 is 35.4 Å². The molecular weight excluding hydrogens is 375 g/mol. The molecule has 0 radical (unpaired) electrons. The molecule has 1 amide bonds. The van der Waals surface area contributed by atoms with E-state index in [0.717, 1.165) is 18.6 Å². The Morgan fingerprint density at radius 3 is 2.32 bits per heavy atom. The van der Waals surface area contributed by atoms with E-state index in [2.05, 4.69) is 5.32 Å². The monoisotopic (exact) mass is 395 g/mol. The molecular formula is C20H20F3NO4. The highest BCUT2D eigenvalue weighted by molar-refractivity contribution is 5.97. The van der Waals surface area contributed by atoms with Crippen molar-refractivity contribution >= 4 is 17.6 Å². The van der Waals surface area contributed by atoms with Crippen molar-refractivity contribution in [2.75, 3.05) is 11.9 Å². The van der Waals surface area contributed by atoms with Crippen molar-refractivity contribution in [3.8, 4) is 5.75 Å². The van der Waals surface area contributed by atoms with Crippen molar-refractivity contribution in [1.29, 1.82) is 0 Å². The second-order valence-corrected chi connectivity index (χ2v) is 5.95. The lowest BCUT2D eigenvalue weighted by atomic mass is 10.1. The van der Waals surface area contributed by atoms with E-state index in [-0.39, 0.29) is 5.56 Å². The summed E-state index contributed by atoms with van der Waals surface area (Å²) in [6.07, 6.45) is -5.07. The van der Waals surface area contributed by atoms with Gasteiger partial charge in [0, 0.05) is 0 Å². The highest BCUT2D eigenvalue weighted by Crippen LogP contribution is 2.34. The maximum Gasteiger partial charge on any atom is 0.418 e. The number of rotatable bonds is 7. The summed E-state index contributed by atoms with van der Waals surface area (Å²) in [6, 6.07) is 10.7. The zero-order chi connectivity index (χ0) is 20.7. The van der Waals surface area contributed by atoms with Gasteiger partial charge in [-0.3, -0.25) is 4.79 Å². The third kappa shape index (κ3) is 5.73. The molecule has 0 unspecified atom stereocenters. The van der Waals surface area contributed by atoms with Gasteiger partial charge in [0.2, 0.25) is 0 Å². The Bertz CT molecular complexity index is 819. The maximum atomic E-state index is 13.0. The molecule has 0 aliphatic rings. The number of hydrogen-bond acceptors (Lipinski definition) is 4. The average Bonchev–Trinajstić information content (AvgIpc) is 2.66. The Kier molecular flexibility index (Phi) is 7.03. The first-order valence-corrected chi connectivity index (χ1v) is 8.63. The number of anilines is 1. The van der Waals surface area contributed by atoms with Crippen LogP contribution in [0.2, 0.25) is 0 Å². The van der Waals surface area contributed by atoms with E-state index in [1.807, 2.05) is 6.92 Å². The largest absolute Gasteiger partial charge is 0.494 e. The van der Waals surface area contributed by atoms with Crippen molar-refractivity contribution in [2.45, 2.75) is 32.5 Å². The number of halogens is 3. The molecule has 0 bridgehead atoms. The number of hydrogen-bond donors (Lipinski definition) is 1. The molecule has 28 heavy (non-hydrogen) atoms. The standard InChI is InChI=1S/C20H20F3NO4/c1-3-12-27-15-10-8-14(9-11-15)19(26)28-13(2)18(25)24-17-7-5-4-6-16(17)20(21,22)23/h4-11,13H,3,12H2,1-2H3,(H,24,25)/t13-/m0/s1. The lowest BCUT2D eigenvalue weighted by Crippen LogP contribution is -2.30. The van der Waals surface area contributed by atoms with Crippen LogP contribution in [0.5, 0.6) is 5.75 Å². The van der Waals surface area contributed by atoms with Crippen LogP contribution < -0.4 is 10.1 Å². The van der Waals surface area contributed by atoms with Crippen LogP contribution in [0.3, 0.4) is 0 Å². The van der Waals surface area contributed by atoms with Crippen LogP contribution in [0.4, 0.5) is 18.9 Å². The van der Waals surface area contributed by atoms with Gasteiger partial charge in [-0.2, -0.15) is 13.2 Å². The molecule has 0 saturated carbocycles. The second kappa shape index (κ2) is 9.25. The molecule has 1 N–H and O–H groups in total. The maximum absolute atomic E-state index is 13.0. The average molecular weight is 395 g/mol. The van der Waals surface area contributed by atoms with Crippen molar-refractivity contribution < 1.29 is 32.2 Å². The SMILES string of the molecule is CCCOc1ccc(C(=O)O[C@@H](C)C(=O)Nc2ccccc2C(F)(F)F)cc1.